The number of carbonyl (C=O) groups is 2. The molecule has 1 aliphatic rings. The Hall–Kier alpha value is -3.85. The molecule has 1 unspecified atom stereocenters. The van der Waals surface area contributed by atoms with Crippen molar-refractivity contribution in [2.24, 2.45) is 0 Å². The van der Waals surface area contributed by atoms with Gasteiger partial charge in [0.1, 0.15) is 24.1 Å². The highest BCUT2D eigenvalue weighted by Crippen LogP contribution is 2.26. The first-order chi connectivity index (χ1) is 19.1. The molecule has 0 bridgehead atoms. The van der Waals surface area contributed by atoms with Crippen molar-refractivity contribution in [2.75, 3.05) is 17.1 Å². The average molecular weight is 564 g/mol. The van der Waals surface area contributed by atoms with E-state index in [0.29, 0.717) is 17.2 Å². The molecule has 1 saturated carbocycles. The molecule has 2 amide bonds. The maximum atomic E-state index is 13.8. The summed E-state index contributed by atoms with van der Waals surface area (Å²) in [5.41, 5.74) is 2.22. The largest absolute Gasteiger partial charge is 0.457 e. The highest BCUT2D eigenvalue weighted by molar-refractivity contribution is 7.92. The van der Waals surface area contributed by atoms with Gasteiger partial charge in [0, 0.05) is 12.6 Å². The Morgan fingerprint density at radius 3 is 2.23 bits per heavy atom. The van der Waals surface area contributed by atoms with Crippen LogP contribution >= 0.6 is 0 Å². The Balaban J connectivity index is 1.55. The lowest BCUT2D eigenvalue weighted by Gasteiger charge is -2.32. The van der Waals surface area contributed by atoms with Gasteiger partial charge in [0.2, 0.25) is 21.8 Å². The van der Waals surface area contributed by atoms with Gasteiger partial charge in [0.05, 0.1) is 11.9 Å². The zero-order chi connectivity index (χ0) is 28.7. The van der Waals surface area contributed by atoms with E-state index in [0.717, 1.165) is 47.4 Å². The zero-order valence-electron chi connectivity index (χ0n) is 23.2. The number of ether oxygens (including phenoxy) is 1. The highest BCUT2D eigenvalue weighted by atomic mass is 32.2. The van der Waals surface area contributed by atoms with Gasteiger partial charge in [-0.1, -0.05) is 60.9 Å². The van der Waals surface area contributed by atoms with Gasteiger partial charge in [-0.25, -0.2) is 8.42 Å². The van der Waals surface area contributed by atoms with Crippen LogP contribution in [-0.4, -0.2) is 50.0 Å². The standard InChI is InChI=1S/C31H37N3O5S/c1-23-10-9-11-25(20-23)21-33(24(2)31(36)32-26-12-7-8-13-26)30(35)22-34(40(3,37)38)27-16-18-29(19-17-27)39-28-14-5-4-6-15-28/h4-6,9-11,14-20,24,26H,7-8,12-13,21-22H2,1-3H3,(H,32,36). The number of nitrogens with one attached hydrogen (secondary N) is 1. The van der Waals surface area contributed by atoms with Gasteiger partial charge in [-0.15, -0.1) is 0 Å². The van der Waals surface area contributed by atoms with Crippen LogP contribution in [-0.2, 0) is 26.2 Å². The number of amides is 2. The molecule has 0 aliphatic heterocycles. The fraction of sp³-hybridized carbons (Fsp3) is 0.355. The lowest BCUT2D eigenvalue weighted by atomic mass is 10.1. The van der Waals surface area contributed by atoms with E-state index in [1.165, 1.54) is 4.90 Å². The number of benzene rings is 3. The third-order valence-electron chi connectivity index (χ3n) is 7.09. The smallest absolute Gasteiger partial charge is 0.244 e. The summed E-state index contributed by atoms with van der Waals surface area (Å²) in [6, 6.07) is 22.8. The molecule has 40 heavy (non-hydrogen) atoms. The van der Waals surface area contributed by atoms with Crippen LogP contribution in [0.15, 0.2) is 78.9 Å². The van der Waals surface area contributed by atoms with Crippen molar-refractivity contribution < 1.29 is 22.7 Å². The lowest BCUT2D eigenvalue weighted by molar-refractivity contribution is -0.139. The molecule has 1 fully saturated rings. The maximum Gasteiger partial charge on any atom is 0.244 e. The predicted octanol–water partition coefficient (Wildman–Crippen LogP) is 5.03. The summed E-state index contributed by atoms with van der Waals surface area (Å²) in [6.07, 6.45) is 5.07. The van der Waals surface area contributed by atoms with Crippen LogP contribution in [0, 0.1) is 6.92 Å². The zero-order valence-corrected chi connectivity index (χ0v) is 24.1. The van der Waals surface area contributed by atoms with E-state index in [1.807, 2.05) is 61.5 Å². The molecule has 3 aromatic carbocycles. The number of anilines is 1. The number of aryl methyl sites for hydroxylation is 1. The minimum absolute atomic E-state index is 0.106. The van der Waals surface area contributed by atoms with E-state index in [-0.39, 0.29) is 18.5 Å². The van der Waals surface area contributed by atoms with Crippen LogP contribution in [0.4, 0.5) is 5.69 Å². The topological polar surface area (TPSA) is 96.0 Å². The van der Waals surface area contributed by atoms with Crippen LogP contribution in [0.25, 0.3) is 0 Å². The van der Waals surface area contributed by atoms with E-state index in [2.05, 4.69) is 5.32 Å². The van der Waals surface area contributed by atoms with Gasteiger partial charge in [-0.05, 0) is 68.7 Å². The number of hydrogen-bond acceptors (Lipinski definition) is 5. The van der Waals surface area contributed by atoms with Crippen LogP contribution in [0.2, 0.25) is 0 Å². The number of carbonyl (C=O) groups excluding carboxylic acids is 2. The Bertz CT molecular complexity index is 1400. The van der Waals surface area contributed by atoms with Gasteiger partial charge in [0.25, 0.3) is 0 Å². The highest BCUT2D eigenvalue weighted by Gasteiger charge is 2.31. The average Bonchev–Trinajstić information content (AvgIpc) is 3.43. The van der Waals surface area contributed by atoms with Crippen molar-refractivity contribution in [1.29, 1.82) is 0 Å². The Kier molecular flexibility index (Phi) is 9.47. The van der Waals surface area contributed by atoms with Gasteiger partial charge in [-0.3, -0.25) is 13.9 Å². The molecule has 212 valence electrons. The molecule has 4 rings (SSSR count). The molecular weight excluding hydrogens is 526 g/mol. The summed E-state index contributed by atoms with van der Waals surface area (Å²) >= 11 is 0. The Morgan fingerprint density at radius 1 is 0.950 bits per heavy atom. The number of sulfonamides is 1. The molecule has 0 spiro atoms. The van der Waals surface area contributed by atoms with Crippen LogP contribution < -0.4 is 14.4 Å². The van der Waals surface area contributed by atoms with E-state index < -0.39 is 28.5 Å². The molecule has 1 aliphatic carbocycles. The first-order valence-electron chi connectivity index (χ1n) is 13.6. The lowest BCUT2D eigenvalue weighted by Crippen LogP contribution is -2.52. The van der Waals surface area contributed by atoms with E-state index >= 15 is 0 Å². The summed E-state index contributed by atoms with van der Waals surface area (Å²) in [7, 11) is -3.82. The van der Waals surface area contributed by atoms with E-state index in [1.54, 1.807) is 31.2 Å². The second kappa shape index (κ2) is 13.0. The molecule has 9 heteroatoms. The fourth-order valence-corrected chi connectivity index (χ4v) is 5.75. The third kappa shape index (κ3) is 7.85. The molecular formula is C31H37N3O5S. The first-order valence-corrected chi connectivity index (χ1v) is 15.4. The van der Waals surface area contributed by atoms with Crippen molar-refractivity contribution in [2.45, 2.75) is 58.2 Å². The van der Waals surface area contributed by atoms with E-state index in [9.17, 15) is 18.0 Å². The number of nitrogens with zero attached hydrogens (tertiary/aromatic N) is 2. The van der Waals surface area contributed by atoms with Crippen molar-refractivity contribution >= 4 is 27.5 Å². The minimum Gasteiger partial charge on any atom is -0.457 e. The normalized spacial score (nSPS) is 14.4. The minimum atomic E-state index is -3.82. The monoisotopic (exact) mass is 563 g/mol. The third-order valence-corrected chi connectivity index (χ3v) is 8.23. The van der Waals surface area contributed by atoms with Crippen molar-refractivity contribution in [3.8, 4) is 11.5 Å². The Labute approximate surface area is 237 Å². The molecule has 3 aromatic rings. The summed E-state index contributed by atoms with van der Waals surface area (Å²) < 4.78 is 32.6. The number of rotatable bonds is 11. The van der Waals surface area contributed by atoms with Gasteiger partial charge < -0.3 is 15.0 Å². The van der Waals surface area contributed by atoms with Crippen LogP contribution in [0.1, 0.15) is 43.7 Å². The summed E-state index contributed by atoms with van der Waals surface area (Å²) in [5, 5.41) is 3.07. The molecule has 1 N–H and O–H groups in total. The van der Waals surface area contributed by atoms with Gasteiger partial charge in [0.15, 0.2) is 0 Å². The molecule has 0 heterocycles. The van der Waals surface area contributed by atoms with Crippen molar-refractivity contribution in [1.82, 2.24) is 10.2 Å². The summed E-state index contributed by atoms with van der Waals surface area (Å²) in [5.74, 6) is 0.488. The summed E-state index contributed by atoms with van der Waals surface area (Å²) in [6.45, 7) is 3.40. The second-order valence-corrected chi connectivity index (χ2v) is 12.3. The quantitative estimate of drug-likeness (QED) is 0.353. The van der Waals surface area contributed by atoms with Crippen molar-refractivity contribution in [3.05, 3.63) is 90.0 Å². The predicted molar refractivity (Wildman–Crippen MR) is 157 cm³/mol. The van der Waals surface area contributed by atoms with Crippen LogP contribution in [0.5, 0.6) is 11.5 Å². The van der Waals surface area contributed by atoms with E-state index in [4.69, 9.17) is 4.74 Å². The van der Waals surface area contributed by atoms with Gasteiger partial charge in [-0.2, -0.15) is 0 Å². The second-order valence-electron chi connectivity index (χ2n) is 10.4. The molecule has 8 nitrogen and oxygen atoms in total. The Morgan fingerprint density at radius 2 is 1.60 bits per heavy atom. The number of hydrogen-bond donors (Lipinski definition) is 1. The summed E-state index contributed by atoms with van der Waals surface area (Å²) in [4.78, 5) is 28.4. The van der Waals surface area contributed by atoms with Crippen LogP contribution in [0.3, 0.4) is 0 Å². The molecule has 0 aromatic heterocycles. The maximum absolute atomic E-state index is 13.8. The molecule has 1 atom stereocenters. The number of para-hydroxylation sites is 1. The fourth-order valence-electron chi connectivity index (χ4n) is 4.90. The SMILES string of the molecule is Cc1cccc(CN(C(=O)CN(c2ccc(Oc3ccccc3)cc2)S(C)(=O)=O)C(C)C(=O)NC2CCCC2)c1. The van der Waals surface area contributed by atoms with Crippen molar-refractivity contribution in [3.63, 3.8) is 0 Å². The van der Waals surface area contributed by atoms with Gasteiger partial charge >= 0.3 is 0 Å². The first kappa shape index (κ1) is 29.1. The molecule has 0 radical (unpaired) electrons. The molecule has 0 saturated heterocycles.